The highest BCUT2D eigenvalue weighted by Gasteiger charge is 2.21. The molecular formula is C21H22N2O5. The van der Waals surface area contributed by atoms with E-state index in [1.165, 1.54) is 20.1 Å². The summed E-state index contributed by atoms with van der Waals surface area (Å²) in [6.45, 7) is 5.20. The molecule has 28 heavy (non-hydrogen) atoms. The molecule has 1 aromatic carbocycles. The fourth-order valence-corrected chi connectivity index (χ4v) is 2.79. The number of esters is 2. The molecule has 1 heterocycles. The summed E-state index contributed by atoms with van der Waals surface area (Å²) >= 11 is 0. The fourth-order valence-electron chi connectivity index (χ4n) is 2.79. The van der Waals surface area contributed by atoms with Crippen LogP contribution in [0.5, 0.6) is 5.75 Å². The van der Waals surface area contributed by atoms with Gasteiger partial charge in [0.25, 0.3) is 0 Å². The molecule has 0 saturated heterocycles. The highest BCUT2D eigenvalue weighted by molar-refractivity contribution is 5.99. The smallest absolute Gasteiger partial charge is 0.349 e. The lowest BCUT2D eigenvalue weighted by molar-refractivity contribution is -0.161. The van der Waals surface area contributed by atoms with Crippen LogP contribution in [0, 0.1) is 25.2 Å². The highest BCUT2D eigenvalue weighted by Crippen LogP contribution is 2.24. The van der Waals surface area contributed by atoms with E-state index in [2.05, 4.69) is 4.74 Å². The number of rotatable bonds is 6. The van der Waals surface area contributed by atoms with Gasteiger partial charge in [-0.15, -0.1) is 0 Å². The number of carbonyl (C=O) groups excluding carboxylic acids is 2. The Morgan fingerprint density at radius 2 is 1.82 bits per heavy atom. The highest BCUT2D eigenvalue weighted by atomic mass is 16.6. The van der Waals surface area contributed by atoms with E-state index >= 15 is 0 Å². The third-order valence-electron chi connectivity index (χ3n) is 4.26. The van der Waals surface area contributed by atoms with Gasteiger partial charge in [0, 0.05) is 17.1 Å². The maximum Gasteiger partial charge on any atom is 0.349 e. The van der Waals surface area contributed by atoms with Crippen molar-refractivity contribution in [3.63, 3.8) is 0 Å². The maximum atomic E-state index is 12.2. The molecule has 0 amide bonds. The van der Waals surface area contributed by atoms with Gasteiger partial charge in [0.05, 0.1) is 14.2 Å². The molecule has 2 rings (SSSR count). The molecule has 0 fully saturated rings. The standard InChI is InChI=1S/C21H22N2O5/c1-13-10-16(11-17(12-22)21(25)28-15(3)20(24)27-5)14(2)23(13)18-6-8-19(26-4)9-7-18/h6-11,15H,1-5H3. The van der Waals surface area contributed by atoms with E-state index in [1.807, 2.05) is 54.8 Å². The molecular weight excluding hydrogens is 360 g/mol. The number of hydrogen-bond donors (Lipinski definition) is 0. The Bertz CT molecular complexity index is 948. The topological polar surface area (TPSA) is 90.5 Å². The Kier molecular flexibility index (Phi) is 6.61. The Balaban J connectivity index is 2.35. The number of nitriles is 1. The van der Waals surface area contributed by atoms with Crippen LogP contribution in [-0.4, -0.2) is 36.8 Å². The zero-order chi connectivity index (χ0) is 20.8. The van der Waals surface area contributed by atoms with Crippen LogP contribution in [-0.2, 0) is 19.1 Å². The van der Waals surface area contributed by atoms with Crippen molar-refractivity contribution in [2.75, 3.05) is 14.2 Å². The minimum absolute atomic E-state index is 0.203. The lowest BCUT2D eigenvalue weighted by atomic mass is 10.1. The van der Waals surface area contributed by atoms with Crippen molar-refractivity contribution in [3.8, 4) is 17.5 Å². The number of methoxy groups -OCH3 is 2. The lowest BCUT2D eigenvalue weighted by Gasteiger charge is -2.11. The first-order chi connectivity index (χ1) is 13.3. The summed E-state index contributed by atoms with van der Waals surface area (Å²) in [5, 5.41) is 9.35. The second-order valence-electron chi connectivity index (χ2n) is 6.10. The Morgan fingerprint density at radius 1 is 1.18 bits per heavy atom. The minimum atomic E-state index is -1.10. The number of carbonyl (C=O) groups is 2. The van der Waals surface area contributed by atoms with Gasteiger partial charge in [0.15, 0.2) is 6.10 Å². The van der Waals surface area contributed by atoms with E-state index in [0.717, 1.165) is 22.8 Å². The van der Waals surface area contributed by atoms with Crippen molar-refractivity contribution >= 4 is 18.0 Å². The van der Waals surface area contributed by atoms with Crippen LogP contribution in [0.15, 0.2) is 35.9 Å². The molecule has 0 aliphatic carbocycles. The summed E-state index contributed by atoms with van der Waals surface area (Å²) < 4.78 is 16.7. The number of ether oxygens (including phenoxy) is 3. The molecule has 0 N–H and O–H groups in total. The van der Waals surface area contributed by atoms with Crippen LogP contribution in [0.2, 0.25) is 0 Å². The summed E-state index contributed by atoms with van der Waals surface area (Å²) in [6.07, 6.45) is 0.357. The summed E-state index contributed by atoms with van der Waals surface area (Å²) in [5.74, 6) is -0.821. The van der Waals surface area contributed by atoms with Crippen molar-refractivity contribution in [2.24, 2.45) is 0 Å². The summed E-state index contributed by atoms with van der Waals surface area (Å²) in [4.78, 5) is 23.6. The second-order valence-corrected chi connectivity index (χ2v) is 6.10. The van der Waals surface area contributed by atoms with Crippen molar-refractivity contribution < 1.29 is 23.8 Å². The monoisotopic (exact) mass is 382 g/mol. The van der Waals surface area contributed by atoms with Crippen LogP contribution in [0.4, 0.5) is 0 Å². The average molecular weight is 382 g/mol. The van der Waals surface area contributed by atoms with Gasteiger partial charge in [-0.25, -0.2) is 9.59 Å². The SMILES string of the molecule is COC(=O)C(C)OC(=O)C(C#N)=Cc1cc(C)n(-c2ccc(OC)cc2)c1C. The lowest BCUT2D eigenvalue weighted by Crippen LogP contribution is -2.25. The largest absolute Gasteiger partial charge is 0.497 e. The molecule has 0 bridgehead atoms. The molecule has 0 saturated carbocycles. The number of benzene rings is 1. The third-order valence-corrected chi connectivity index (χ3v) is 4.26. The van der Waals surface area contributed by atoms with Crippen LogP contribution in [0.25, 0.3) is 11.8 Å². The van der Waals surface area contributed by atoms with Crippen LogP contribution in [0.1, 0.15) is 23.9 Å². The summed E-state index contributed by atoms with van der Waals surface area (Å²) in [5.41, 5.74) is 3.21. The first-order valence-corrected chi connectivity index (χ1v) is 8.56. The van der Waals surface area contributed by atoms with Gasteiger partial charge in [-0.2, -0.15) is 5.26 Å². The average Bonchev–Trinajstić information content (AvgIpc) is 2.98. The van der Waals surface area contributed by atoms with Crippen LogP contribution in [0.3, 0.4) is 0 Å². The molecule has 7 nitrogen and oxygen atoms in total. The molecule has 1 unspecified atom stereocenters. The molecule has 0 aliphatic rings. The van der Waals surface area contributed by atoms with Crippen molar-refractivity contribution in [1.82, 2.24) is 4.57 Å². The Morgan fingerprint density at radius 3 is 2.36 bits per heavy atom. The quantitative estimate of drug-likeness (QED) is 0.433. The first-order valence-electron chi connectivity index (χ1n) is 8.56. The minimum Gasteiger partial charge on any atom is -0.497 e. The van der Waals surface area contributed by atoms with Crippen LogP contribution < -0.4 is 4.74 Å². The maximum absolute atomic E-state index is 12.2. The van der Waals surface area contributed by atoms with E-state index in [4.69, 9.17) is 9.47 Å². The first kappa shape index (κ1) is 20.8. The van der Waals surface area contributed by atoms with E-state index in [1.54, 1.807) is 7.11 Å². The van der Waals surface area contributed by atoms with E-state index < -0.39 is 18.0 Å². The van der Waals surface area contributed by atoms with Gasteiger partial charge in [0.1, 0.15) is 17.4 Å². The summed E-state index contributed by atoms with van der Waals surface area (Å²) in [7, 11) is 2.80. The van der Waals surface area contributed by atoms with E-state index in [0.29, 0.717) is 5.56 Å². The van der Waals surface area contributed by atoms with Gasteiger partial charge < -0.3 is 18.8 Å². The van der Waals surface area contributed by atoms with Gasteiger partial charge in [0.2, 0.25) is 0 Å². The fraction of sp³-hybridized carbons (Fsp3) is 0.286. The predicted octanol–water partition coefficient (Wildman–Crippen LogP) is 3.11. The van der Waals surface area contributed by atoms with Gasteiger partial charge in [-0.05, 0) is 62.7 Å². The van der Waals surface area contributed by atoms with E-state index in [9.17, 15) is 14.9 Å². The van der Waals surface area contributed by atoms with Crippen LogP contribution >= 0.6 is 0 Å². The van der Waals surface area contributed by atoms with Crippen molar-refractivity contribution in [1.29, 1.82) is 5.26 Å². The molecule has 2 aromatic rings. The van der Waals surface area contributed by atoms with Crippen molar-refractivity contribution in [2.45, 2.75) is 26.9 Å². The van der Waals surface area contributed by atoms with E-state index in [-0.39, 0.29) is 5.57 Å². The van der Waals surface area contributed by atoms with Crippen molar-refractivity contribution in [3.05, 3.63) is 52.9 Å². The van der Waals surface area contributed by atoms with Gasteiger partial charge in [-0.3, -0.25) is 0 Å². The van der Waals surface area contributed by atoms with Gasteiger partial charge >= 0.3 is 11.9 Å². The second kappa shape index (κ2) is 8.91. The Hall–Kier alpha value is -3.53. The van der Waals surface area contributed by atoms with Gasteiger partial charge in [-0.1, -0.05) is 0 Å². The molecule has 0 radical (unpaired) electrons. The normalized spacial score (nSPS) is 12.1. The number of aryl methyl sites for hydroxylation is 1. The molecule has 0 aliphatic heterocycles. The molecule has 146 valence electrons. The zero-order valence-corrected chi connectivity index (χ0v) is 16.5. The summed E-state index contributed by atoms with van der Waals surface area (Å²) in [6, 6.07) is 11.3. The number of aromatic nitrogens is 1. The molecule has 0 spiro atoms. The number of nitrogens with zero attached hydrogens (tertiary/aromatic N) is 2. The number of hydrogen-bond acceptors (Lipinski definition) is 6. The predicted molar refractivity (Wildman–Crippen MR) is 103 cm³/mol. The molecule has 1 aromatic heterocycles. The molecule has 7 heteroatoms. The Labute approximate surface area is 163 Å². The molecule has 1 atom stereocenters. The zero-order valence-electron chi connectivity index (χ0n) is 16.5. The third kappa shape index (κ3) is 4.41.